The Morgan fingerprint density at radius 3 is 0.400 bits per heavy atom. The van der Waals surface area contributed by atoms with E-state index in [0.717, 1.165) is 0 Å². The first-order valence-electron chi connectivity index (χ1n) is 4.60. The molecule has 12 N–H and O–H groups in total. The van der Waals surface area contributed by atoms with Crippen molar-refractivity contribution in [2.75, 3.05) is 0 Å². The van der Waals surface area contributed by atoms with E-state index in [2.05, 4.69) is 22.9 Å². The van der Waals surface area contributed by atoms with Crippen LogP contribution in [0.1, 0.15) is 0 Å². The van der Waals surface area contributed by atoms with Gasteiger partial charge in [0.2, 0.25) is 0 Å². The average molecular weight is 480 g/mol. The molecule has 4 amide bonds. The van der Waals surface area contributed by atoms with Crippen LogP contribution in [-0.2, 0) is 38.4 Å². The van der Waals surface area contributed by atoms with E-state index in [1.54, 1.807) is 0 Å². The smallest absolute Gasteiger partial charge is 0.540 e. The maximum Gasteiger partial charge on any atom is 1.00 e. The number of nitrogens with two attached hydrogens (primary N) is 4. The fraction of sp³-hybridized carbons (Fsp3) is 0. The van der Waals surface area contributed by atoms with E-state index in [1.807, 2.05) is 0 Å². The first-order chi connectivity index (χ1) is 10.6. The molecule has 0 saturated heterocycles. The van der Waals surface area contributed by atoms with Gasteiger partial charge < -0.3 is 73.5 Å². The quantitative estimate of drug-likeness (QED) is 0.185. The van der Waals surface area contributed by atoms with Crippen LogP contribution in [0.4, 0.5) is 0 Å². The molecule has 0 aliphatic carbocycles. The van der Waals surface area contributed by atoms with Crippen LogP contribution in [0.5, 0.6) is 0 Å². The molecule has 0 heterocycles. The van der Waals surface area contributed by atoms with Gasteiger partial charge >= 0.3 is 118 Å². The third-order valence-corrected chi connectivity index (χ3v) is 0.805. The van der Waals surface area contributed by atoms with Gasteiger partial charge in [-0.25, -0.2) is 0 Å². The number of carboxylic acids is 4. The van der Waals surface area contributed by atoms with E-state index in [0.29, 0.717) is 0 Å². The minimum Gasteiger partial charge on any atom is -0.540 e. The van der Waals surface area contributed by atoms with Crippen LogP contribution in [-0.4, -0.2) is 58.5 Å². The molecular weight excluding hydrogens is 468 g/mol. The van der Waals surface area contributed by atoms with Crippen molar-refractivity contribution in [2.45, 2.75) is 0 Å². The fourth-order valence-electron chi connectivity index (χ4n) is 0. The van der Waals surface area contributed by atoms with E-state index in [4.69, 9.17) is 39.6 Å². The zero-order valence-electron chi connectivity index (χ0n) is 16.2. The zero-order valence-corrected chi connectivity index (χ0v) is 24.2. The standard InChI is InChI=1S/4C2H3NO3.4Na.2H2O/c4*3-1(4)2(5)6;;;;;;/h4*(H2,3,4)(H,5,6);;;;;2*1H2/q;;;;4*+1;;/p-4. The van der Waals surface area contributed by atoms with Gasteiger partial charge in [0.25, 0.3) is 23.6 Å². The van der Waals surface area contributed by atoms with Gasteiger partial charge in [-0.3, -0.25) is 19.2 Å². The molecule has 0 atom stereocenters. The Kier molecular flexibility index (Phi) is 82.3. The summed E-state index contributed by atoms with van der Waals surface area (Å²) in [5.41, 5.74) is 16.5. The third-order valence-electron chi connectivity index (χ3n) is 0.805. The van der Waals surface area contributed by atoms with Crippen molar-refractivity contribution in [1.29, 1.82) is 0 Å². The Bertz CT molecular complexity index is 414. The van der Waals surface area contributed by atoms with E-state index in [1.165, 1.54) is 0 Å². The second-order valence-corrected chi connectivity index (χ2v) is 2.61. The van der Waals surface area contributed by atoms with E-state index >= 15 is 0 Å². The van der Waals surface area contributed by atoms with Crippen molar-refractivity contribution in [3.05, 3.63) is 0 Å². The minimum atomic E-state index is -1.85. The van der Waals surface area contributed by atoms with Gasteiger partial charge in [-0.05, 0) is 0 Å². The topological polar surface area (TPSA) is 396 Å². The molecule has 0 unspecified atom stereocenters. The minimum absolute atomic E-state index is 0. The van der Waals surface area contributed by atoms with Crippen LogP contribution in [0.3, 0.4) is 0 Å². The molecular formula is C8H12N4Na4O14. The van der Waals surface area contributed by atoms with Crippen LogP contribution in [0.2, 0.25) is 0 Å². The maximum atomic E-state index is 9.26. The van der Waals surface area contributed by atoms with Gasteiger partial charge in [0, 0.05) is 0 Å². The molecule has 0 aliphatic heterocycles. The van der Waals surface area contributed by atoms with Gasteiger partial charge in [-0.2, -0.15) is 0 Å². The summed E-state index contributed by atoms with van der Waals surface area (Å²) >= 11 is 0. The molecule has 152 valence electrons. The Morgan fingerprint density at radius 1 is 0.367 bits per heavy atom. The Hall–Kier alpha value is -0.320. The summed E-state index contributed by atoms with van der Waals surface area (Å²) in [6.07, 6.45) is 0. The Balaban J connectivity index is -0.0000000208. The molecule has 0 spiro atoms. The molecule has 0 bridgehead atoms. The largest absolute Gasteiger partial charge is 1.00 e. The van der Waals surface area contributed by atoms with Crippen LogP contribution in [0.25, 0.3) is 0 Å². The van der Waals surface area contributed by atoms with Gasteiger partial charge in [0.05, 0.1) is 0 Å². The fourth-order valence-corrected chi connectivity index (χ4v) is 0. The van der Waals surface area contributed by atoms with Crippen molar-refractivity contribution >= 4 is 47.5 Å². The number of hydrogen-bond donors (Lipinski definition) is 4. The van der Waals surface area contributed by atoms with E-state index in [9.17, 15) is 19.2 Å². The summed E-state index contributed by atoms with van der Waals surface area (Å²) < 4.78 is 0. The molecule has 0 aromatic rings. The summed E-state index contributed by atoms with van der Waals surface area (Å²) in [5.74, 6) is -13.1. The molecule has 0 radical (unpaired) electrons. The van der Waals surface area contributed by atoms with Gasteiger partial charge in [0.15, 0.2) is 0 Å². The predicted octanol–water partition coefficient (Wildman–Crippen LogP) is -24.7. The molecule has 0 saturated carbocycles. The molecule has 18 nitrogen and oxygen atoms in total. The summed E-state index contributed by atoms with van der Waals surface area (Å²) in [6.45, 7) is 0. The number of hydrogen-bond acceptors (Lipinski definition) is 12. The second-order valence-electron chi connectivity index (χ2n) is 2.61. The Labute approximate surface area is 255 Å². The number of rotatable bonds is 0. The number of amides is 4. The van der Waals surface area contributed by atoms with Crippen molar-refractivity contribution in [2.24, 2.45) is 22.9 Å². The van der Waals surface area contributed by atoms with Crippen LogP contribution >= 0.6 is 0 Å². The molecule has 0 aliphatic rings. The molecule has 22 heteroatoms. The molecule has 0 rings (SSSR count). The number of carbonyl (C=O) groups is 8. The normalized spacial score (nSPS) is 5.87. The summed E-state index contributed by atoms with van der Waals surface area (Å²) in [4.78, 5) is 73.5. The number of primary amides is 4. The first kappa shape index (κ1) is 63.0. The number of carbonyl (C=O) groups excluding carboxylic acids is 8. The zero-order chi connectivity index (χ0) is 20.6. The van der Waals surface area contributed by atoms with Crippen molar-refractivity contribution in [1.82, 2.24) is 0 Å². The molecule has 0 aromatic carbocycles. The van der Waals surface area contributed by atoms with E-state index < -0.39 is 47.5 Å². The first-order valence-corrected chi connectivity index (χ1v) is 4.60. The van der Waals surface area contributed by atoms with Crippen molar-refractivity contribution in [3.63, 3.8) is 0 Å². The second kappa shape index (κ2) is 39.2. The average Bonchev–Trinajstić information content (AvgIpc) is 2.40. The molecule has 0 aromatic heterocycles. The van der Waals surface area contributed by atoms with Gasteiger partial charge in [-0.1, -0.05) is 0 Å². The predicted molar refractivity (Wildman–Crippen MR) is 64.0 cm³/mol. The SMILES string of the molecule is NC(=O)C(=O)[O-].NC(=O)C(=O)[O-].NC(=O)C(=O)[O-].NC(=O)C(=O)[O-].O.O.[Na+].[Na+].[Na+].[Na+]. The Morgan fingerprint density at radius 2 is 0.400 bits per heavy atom. The van der Waals surface area contributed by atoms with Crippen molar-refractivity contribution < 1.29 is 188 Å². The van der Waals surface area contributed by atoms with Crippen LogP contribution in [0, 0.1) is 0 Å². The molecule has 30 heavy (non-hydrogen) atoms. The third kappa shape index (κ3) is 80.1. The summed E-state index contributed by atoms with van der Waals surface area (Å²) in [7, 11) is 0. The van der Waals surface area contributed by atoms with Gasteiger partial charge in [0.1, 0.15) is 23.9 Å². The summed E-state index contributed by atoms with van der Waals surface area (Å²) in [6, 6.07) is 0. The van der Waals surface area contributed by atoms with Crippen molar-refractivity contribution in [3.8, 4) is 0 Å². The summed E-state index contributed by atoms with van der Waals surface area (Å²) in [5, 5.41) is 36.5. The molecule has 0 fully saturated rings. The van der Waals surface area contributed by atoms with E-state index in [-0.39, 0.29) is 129 Å². The number of carboxylic acid groups (broad SMARTS) is 4. The number of aliphatic carboxylic acids is 4. The van der Waals surface area contributed by atoms with Crippen LogP contribution in [0.15, 0.2) is 0 Å². The monoisotopic (exact) mass is 480 g/mol. The van der Waals surface area contributed by atoms with Crippen LogP contribution < -0.4 is 162 Å². The maximum absolute atomic E-state index is 9.26. The van der Waals surface area contributed by atoms with Gasteiger partial charge in [-0.15, -0.1) is 0 Å².